The van der Waals surface area contributed by atoms with Gasteiger partial charge in [0.15, 0.2) is 6.29 Å². The molecule has 0 aromatic rings. The number of ether oxygens (including phenoxy) is 2. The van der Waals surface area contributed by atoms with Crippen LogP contribution in [0.25, 0.3) is 0 Å². The fraction of sp³-hybridized carbons (Fsp3) is 0.923. The molecule has 10 heteroatoms. The maximum Gasteiger partial charge on any atom is 0.300 e. The van der Waals surface area contributed by atoms with Gasteiger partial charge < -0.3 is 35.0 Å². The number of carboxylic acids is 1. The molecule has 9 nitrogen and oxygen atoms in total. The van der Waals surface area contributed by atoms with Gasteiger partial charge in [-0.15, -0.1) is 0 Å². The maximum atomic E-state index is 9.82. The van der Waals surface area contributed by atoms with Crippen LogP contribution in [0.3, 0.4) is 0 Å². The van der Waals surface area contributed by atoms with Crippen molar-refractivity contribution in [2.45, 2.75) is 63.9 Å². The zero-order valence-electron chi connectivity index (χ0n) is 13.8. The van der Waals surface area contributed by atoms with Crippen LogP contribution in [0, 0.1) is 0 Å². The number of aliphatic hydroxyl groups is 4. The minimum absolute atomic E-state index is 0.229. The molecule has 6 N–H and O–H groups in total. The summed E-state index contributed by atoms with van der Waals surface area (Å²) in [6, 6.07) is -0.666. The number of aliphatic carboxylic acids is 1. The topological polar surface area (TPSA) is 149 Å². The molecule has 0 aromatic heterocycles. The van der Waals surface area contributed by atoms with E-state index in [2.05, 4.69) is 17.5 Å². The van der Waals surface area contributed by atoms with Crippen LogP contribution in [0.5, 0.6) is 0 Å². The Morgan fingerprint density at radius 3 is 2.26 bits per heavy atom. The van der Waals surface area contributed by atoms with Crippen LogP contribution >= 0.6 is 12.8 Å². The first-order valence-corrected chi connectivity index (χ1v) is 7.65. The molecule has 140 valence electrons. The number of hydrogen-bond donors (Lipinski definition) is 7. The van der Waals surface area contributed by atoms with Crippen molar-refractivity contribution in [2.75, 3.05) is 13.7 Å². The fourth-order valence-electron chi connectivity index (χ4n) is 1.81. The van der Waals surface area contributed by atoms with Gasteiger partial charge in [0.05, 0.1) is 18.8 Å². The van der Waals surface area contributed by atoms with Crippen LogP contribution in [0.2, 0.25) is 0 Å². The Hall–Kier alpha value is -0.460. The lowest BCUT2D eigenvalue weighted by atomic mass is 9.93. The first-order chi connectivity index (χ1) is 10.8. The largest absolute Gasteiger partial charge is 0.481 e. The molecular formula is C13H29NO8S. The Labute approximate surface area is 141 Å². The highest BCUT2D eigenvalue weighted by Gasteiger charge is 2.43. The third kappa shape index (κ3) is 9.42. The summed E-state index contributed by atoms with van der Waals surface area (Å²) in [5.74, 6) is -0.833. The van der Waals surface area contributed by atoms with E-state index in [1.165, 1.54) is 7.11 Å². The summed E-state index contributed by atoms with van der Waals surface area (Å²) in [6.07, 6.45) is -4.91. The van der Waals surface area contributed by atoms with E-state index in [9.17, 15) is 15.3 Å². The molecule has 1 heterocycles. The van der Waals surface area contributed by atoms with Gasteiger partial charge in [-0.1, -0.05) is 26.7 Å². The molecule has 0 radical (unpaired) electrons. The number of nitrogens with one attached hydrogen (secondary N) is 1. The van der Waals surface area contributed by atoms with Gasteiger partial charge in [-0.25, -0.2) is 0 Å². The number of carboxylic acid groups (broad SMARTS) is 1. The van der Waals surface area contributed by atoms with Gasteiger partial charge >= 0.3 is 0 Å². The molecule has 1 fully saturated rings. The van der Waals surface area contributed by atoms with Crippen LogP contribution in [-0.2, 0) is 14.3 Å². The number of aliphatic hydroxyl groups excluding tert-OH is 4. The van der Waals surface area contributed by atoms with E-state index in [1.54, 1.807) is 0 Å². The molecule has 6 atom stereocenters. The highest BCUT2D eigenvalue weighted by molar-refractivity contribution is 7.78. The average Bonchev–Trinajstić information content (AvgIpc) is 2.53. The van der Waals surface area contributed by atoms with Gasteiger partial charge in [-0.2, -0.15) is 0 Å². The summed E-state index contributed by atoms with van der Waals surface area (Å²) in [5.41, 5.74) is 0. The normalized spacial score (nSPS) is 29.3. The molecule has 0 saturated carbocycles. The molecular weight excluding hydrogens is 330 g/mol. The molecule has 0 aromatic carbocycles. The van der Waals surface area contributed by atoms with Crippen molar-refractivity contribution >= 4 is 18.8 Å². The van der Waals surface area contributed by atoms with E-state index in [0.29, 0.717) is 0 Å². The van der Waals surface area contributed by atoms with E-state index in [0.717, 1.165) is 6.92 Å². The van der Waals surface area contributed by atoms with Crippen molar-refractivity contribution in [1.29, 1.82) is 0 Å². The Kier molecular flexibility index (Phi) is 15.0. The van der Waals surface area contributed by atoms with Crippen LogP contribution in [0.1, 0.15) is 27.2 Å². The SMILES string of the molecule is CC.CC(=O)O.COC1CC(O)C(NS)C(C(O)C(O)CO)O1. The van der Waals surface area contributed by atoms with Gasteiger partial charge in [0.25, 0.3) is 5.97 Å². The third-order valence-corrected chi connectivity index (χ3v) is 3.14. The van der Waals surface area contributed by atoms with E-state index in [-0.39, 0.29) is 6.42 Å². The van der Waals surface area contributed by atoms with Gasteiger partial charge in [0.1, 0.15) is 18.3 Å². The highest BCUT2D eigenvalue weighted by atomic mass is 32.1. The van der Waals surface area contributed by atoms with Crippen molar-refractivity contribution < 1.29 is 39.8 Å². The van der Waals surface area contributed by atoms with E-state index >= 15 is 0 Å². The van der Waals surface area contributed by atoms with Gasteiger partial charge in [-0.3, -0.25) is 9.52 Å². The first-order valence-electron chi connectivity index (χ1n) is 7.20. The van der Waals surface area contributed by atoms with Crippen LogP contribution in [0.4, 0.5) is 0 Å². The van der Waals surface area contributed by atoms with Crippen molar-refractivity contribution in [2.24, 2.45) is 0 Å². The van der Waals surface area contributed by atoms with Crippen molar-refractivity contribution in [1.82, 2.24) is 4.72 Å². The zero-order valence-corrected chi connectivity index (χ0v) is 14.7. The summed E-state index contributed by atoms with van der Waals surface area (Å²) in [6.45, 7) is 4.48. The Morgan fingerprint density at radius 1 is 1.43 bits per heavy atom. The van der Waals surface area contributed by atoms with E-state index in [1.807, 2.05) is 13.8 Å². The summed E-state index contributed by atoms with van der Waals surface area (Å²) >= 11 is 3.85. The number of carbonyl (C=O) groups is 1. The lowest BCUT2D eigenvalue weighted by Gasteiger charge is -2.41. The number of methoxy groups -OCH3 is 1. The molecule has 1 rings (SSSR count). The van der Waals surface area contributed by atoms with Gasteiger partial charge in [0, 0.05) is 20.5 Å². The summed E-state index contributed by atoms with van der Waals surface area (Å²) in [5, 5.41) is 45.2. The second kappa shape index (κ2) is 13.9. The molecule has 1 aliphatic heterocycles. The van der Waals surface area contributed by atoms with E-state index in [4.69, 9.17) is 24.5 Å². The van der Waals surface area contributed by atoms with Crippen molar-refractivity contribution in [3.8, 4) is 0 Å². The van der Waals surface area contributed by atoms with Crippen LogP contribution < -0.4 is 4.72 Å². The highest BCUT2D eigenvalue weighted by Crippen LogP contribution is 2.24. The second-order valence-corrected chi connectivity index (χ2v) is 4.74. The molecule has 6 unspecified atom stereocenters. The van der Waals surface area contributed by atoms with Crippen LogP contribution in [-0.4, -0.2) is 82.0 Å². The number of thiol groups is 1. The molecule has 0 aliphatic carbocycles. The molecule has 0 amide bonds. The second-order valence-electron chi connectivity index (χ2n) is 4.48. The Bertz CT molecular complexity index is 306. The van der Waals surface area contributed by atoms with Crippen molar-refractivity contribution in [3.05, 3.63) is 0 Å². The molecule has 0 spiro atoms. The molecule has 0 bridgehead atoms. The molecule has 1 aliphatic rings. The summed E-state index contributed by atoms with van der Waals surface area (Å²) in [4.78, 5) is 9.00. The average molecular weight is 359 g/mol. The maximum absolute atomic E-state index is 9.82. The van der Waals surface area contributed by atoms with Crippen molar-refractivity contribution in [3.63, 3.8) is 0 Å². The lowest BCUT2D eigenvalue weighted by molar-refractivity contribution is -0.243. The minimum Gasteiger partial charge on any atom is -0.481 e. The standard InChI is InChI=1S/C9H19NO6S.C2H4O2.C2H6/c1-15-6-2-4(12)7(10-17)9(16-6)8(14)5(13)3-11;1-2(3)4;1-2/h4-14,17H,2-3H2,1H3;1H3,(H,3,4);1-2H3. The van der Waals surface area contributed by atoms with Gasteiger partial charge in [-0.05, 0) is 0 Å². The first kappa shape index (κ1) is 24.8. The molecule has 1 saturated heterocycles. The monoisotopic (exact) mass is 359 g/mol. The minimum atomic E-state index is -1.35. The quantitative estimate of drug-likeness (QED) is 0.299. The van der Waals surface area contributed by atoms with E-state index < -0.39 is 49.3 Å². The Balaban J connectivity index is 0. The predicted molar refractivity (Wildman–Crippen MR) is 86.0 cm³/mol. The molecule has 23 heavy (non-hydrogen) atoms. The number of rotatable bonds is 5. The smallest absolute Gasteiger partial charge is 0.300 e. The zero-order chi connectivity index (χ0) is 18.6. The Morgan fingerprint density at radius 2 is 1.91 bits per heavy atom. The fourth-order valence-corrected chi connectivity index (χ4v) is 2.13. The van der Waals surface area contributed by atoms with Crippen LogP contribution in [0.15, 0.2) is 0 Å². The lowest BCUT2D eigenvalue weighted by Crippen LogP contribution is -2.60. The summed E-state index contributed by atoms with van der Waals surface area (Å²) in [7, 11) is 1.41. The predicted octanol–water partition coefficient (Wildman–Crippen LogP) is -1.26. The summed E-state index contributed by atoms with van der Waals surface area (Å²) < 4.78 is 12.9. The third-order valence-electron chi connectivity index (χ3n) is 2.84. The van der Waals surface area contributed by atoms with Gasteiger partial charge in [0.2, 0.25) is 0 Å². The number of hydrogen-bond acceptors (Lipinski definition) is 9.